The molecule has 1 spiro atoms. The molecule has 0 radical (unpaired) electrons. The van der Waals surface area contributed by atoms with E-state index in [1.54, 1.807) is 0 Å². The first-order valence-corrected chi connectivity index (χ1v) is 20.0. The number of aliphatic hydroxyl groups is 7. The molecule has 21 atom stereocenters. The molecule has 13 nitrogen and oxygen atoms in total. The van der Waals surface area contributed by atoms with Gasteiger partial charge in [-0.1, -0.05) is 32.9 Å². The van der Waals surface area contributed by atoms with Gasteiger partial charge in [-0.3, -0.25) is 0 Å². The van der Waals surface area contributed by atoms with Crippen LogP contribution in [0.25, 0.3) is 0 Å². The van der Waals surface area contributed by atoms with Gasteiger partial charge in [0.15, 0.2) is 18.4 Å². The van der Waals surface area contributed by atoms with E-state index in [-0.39, 0.29) is 23.0 Å². The number of fused-ring (bicyclic) bond motifs is 7. The van der Waals surface area contributed by atoms with Gasteiger partial charge in [0.05, 0.1) is 32.0 Å². The molecule has 0 unspecified atom stereocenters. The lowest BCUT2D eigenvalue weighted by Gasteiger charge is -2.61. The minimum atomic E-state index is -1.71. The van der Waals surface area contributed by atoms with Crippen molar-refractivity contribution in [2.24, 2.45) is 46.3 Å². The van der Waals surface area contributed by atoms with E-state index in [9.17, 15) is 35.7 Å². The molecule has 296 valence electrons. The van der Waals surface area contributed by atoms with Crippen molar-refractivity contribution >= 4 is 0 Å². The Hall–Kier alpha value is -0.780. The molecule has 4 aliphatic carbocycles. The predicted molar refractivity (Wildman–Crippen MR) is 183 cm³/mol. The minimum absolute atomic E-state index is 0.158. The number of rotatable bonds is 6. The number of hydrogen-bond acceptors (Lipinski definition) is 13. The van der Waals surface area contributed by atoms with Crippen molar-refractivity contribution < 1.29 is 64.2 Å². The summed E-state index contributed by atoms with van der Waals surface area (Å²) in [5.74, 6) is 2.73. The fourth-order valence-corrected chi connectivity index (χ4v) is 13.0. The van der Waals surface area contributed by atoms with Crippen LogP contribution in [0.1, 0.15) is 85.0 Å². The Morgan fingerprint density at radius 1 is 0.750 bits per heavy atom. The highest BCUT2D eigenvalue weighted by Gasteiger charge is 2.69. The van der Waals surface area contributed by atoms with Gasteiger partial charge in [0.1, 0.15) is 48.8 Å². The third-order valence-electron chi connectivity index (χ3n) is 15.9. The van der Waals surface area contributed by atoms with Crippen LogP contribution in [0.15, 0.2) is 12.2 Å². The van der Waals surface area contributed by atoms with E-state index in [0.29, 0.717) is 42.1 Å². The number of aliphatic hydroxyl groups excluding tert-OH is 7. The first kappa shape index (κ1) is 38.1. The van der Waals surface area contributed by atoms with Gasteiger partial charge in [-0.15, -0.1) is 0 Å². The Labute approximate surface area is 306 Å². The molecule has 4 heterocycles. The van der Waals surface area contributed by atoms with E-state index < -0.39 is 80.4 Å². The molecule has 0 aromatic heterocycles. The molecular weight excluding hydrogens is 676 g/mol. The maximum absolute atomic E-state index is 11.1. The molecule has 52 heavy (non-hydrogen) atoms. The molecule has 0 bridgehead atoms. The lowest BCUT2D eigenvalue weighted by atomic mass is 9.44. The standard InChI is InChI=1S/C39H62O13/c1-18-7-12-39(47-17-18)19(2)28-25(52-39)14-24-22-6-5-20-13-21(8-10-37(20,3)23(22)9-11-38(24,28)4)48-36-34(32(45)30(43)27(16-41)50-36)51-35-33(46)31(44)29(42)26(15-40)49-35/h19-36,40-46H,1,5-17H2,2-4H3/t19-,20-,21-,22+,23-,24-,25-,26+,27+,28-,29+,30-,31-,32-,33+,34+,35-,36+,37-,38-,39+/m0/s1. The normalized spacial score (nSPS) is 57.6. The second-order valence-corrected chi connectivity index (χ2v) is 18.3. The van der Waals surface area contributed by atoms with E-state index in [2.05, 4.69) is 27.4 Å². The van der Waals surface area contributed by atoms with Gasteiger partial charge in [0, 0.05) is 12.3 Å². The summed E-state index contributed by atoms with van der Waals surface area (Å²) in [4.78, 5) is 0. The van der Waals surface area contributed by atoms with Gasteiger partial charge in [-0.05, 0) is 98.2 Å². The number of ether oxygens (including phenoxy) is 6. The van der Waals surface area contributed by atoms with E-state index >= 15 is 0 Å². The molecular formula is C39H62O13. The Kier molecular flexibility index (Phi) is 10.3. The zero-order valence-corrected chi connectivity index (χ0v) is 30.9. The first-order valence-electron chi connectivity index (χ1n) is 20.0. The molecule has 8 aliphatic rings. The summed E-state index contributed by atoms with van der Waals surface area (Å²) < 4.78 is 37.4. The van der Waals surface area contributed by atoms with Crippen molar-refractivity contribution in [2.75, 3.05) is 19.8 Å². The Balaban J connectivity index is 0.943. The van der Waals surface area contributed by atoms with Gasteiger partial charge in [-0.2, -0.15) is 0 Å². The molecule has 7 N–H and O–H groups in total. The molecule has 0 aromatic rings. The van der Waals surface area contributed by atoms with Crippen LogP contribution in [0.3, 0.4) is 0 Å². The molecule has 0 aromatic carbocycles. The third kappa shape index (κ3) is 5.90. The summed E-state index contributed by atoms with van der Waals surface area (Å²) in [5.41, 5.74) is 1.55. The van der Waals surface area contributed by atoms with Crippen molar-refractivity contribution in [3.8, 4) is 0 Å². The average Bonchev–Trinajstić information content (AvgIpc) is 3.58. The van der Waals surface area contributed by atoms with Gasteiger partial charge in [-0.25, -0.2) is 0 Å². The Morgan fingerprint density at radius 3 is 2.13 bits per heavy atom. The van der Waals surface area contributed by atoms with Crippen molar-refractivity contribution in [2.45, 2.75) is 164 Å². The maximum atomic E-state index is 11.1. The molecule has 4 saturated carbocycles. The highest BCUT2D eigenvalue weighted by Crippen LogP contribution is 2.71. The van der Waals surface area contributed by atoms with E-state index in [4.69, 9.17) is 28.4 Å². The van der Waals surface area contributed by atoms with Crippen LogP contribution >= 0.6 is 0 Å². The largest absolute Gasteiger partial charge is 0.394 e. The fraction of sp³-hybridized carbons (Fsp3) is 0.949. The zero-order chi connectivity index (χ0) is 36.9. The Morgan fingerprint density at radius 2 is 1.44 bits per heavy atom. The summed E-state index contributed by atoms with van der Waals surface area (Å²) in [6, 6.07) is 0. The van der Waals surface area contributed by atoms with Crippen molar-refractivity contribution in [1.82, 2.24) is 0 Å². The summed E-state index contributed by atoms with van der Waals surface area (Å²) in [6.07, 6.45) is -4.34. The third-order valence-corrected chi connectivity index (χ3v) is 15.9. The Bertz CT molecular complexity index is 1300. The molecule has 8 fully saturated rings. The van der Waals surface area contributed by atoms with Crippen LogP contribution in [-0.4, -0.2) is 135 Å². The van der Waals surface area contributed by atoms with Crippen molar-refractivity contribution in [3.63, 3.8) is 0 Å². The molecule has 0 amide bonds. The quantitative estimate of drug-likeness (QED) is 0.153. The predicted octanol–water partition coefficient (Wildman–Crippen LogP) is 1.36. The van der Waals surface area contributed by atoms with Crippen LogP contribution in [0.5, 0.6) is 0 Å². The van der Waals surface area contributed by atoms with Crippen LogP contribution in [0.2, 0.25) is 0 Å². The van der Waals surface area contributed by atoms with Crippen LogP contribution < -0.4 is 0 Å². The van der Waals surface area contributed by atoms with Gasteiger partial charge in [0.2, 0.25) is 0 Å². The second kappa shape index (κ2) is 14.0. The summed E-state index contributed by atoms with van der Waals surface area (Å²) in [6.45, 7) is 11.0. The topological polar surface area (TPSA) is 197 Å². The average molecular weight is 739 g/mol. The van der Waals surface area contributed by atoms with Gasteiger partial charge < -0.3 is 64.2 Å². The van der Waals surface area contributed by atoms with E-state index in [1.165, 1.54) is 19.3 Å². The van der Waals surface area contributed by atoms with Crippen molar-refractivity contribution in [1.29, 1.82) is 0 Å². The highest BCUT2D eigenvalue weighted by atomic mass is 16.8. The van der Waals surface area contributed by atoms with E-state index in [1.807, 2.05) is 0 Å². The lowest BCUT2D eigenvalue weighted by molar-refractivity contribution is -0.373. The lowest BCUT2D eigenvalue weighted by Crippen LogP contribution is -2.65. The van der Waals surface area contributed by atoms with Crippen LogP contribution in [0.4, 0.5) is 0 Å². The fourth-order valence-electron chi connectivity index (χ4n) is 13.0. The SMILES string of the molecule is C=C1CC[C@@]2(OC1)O[C@H]1C[C@H]3[C@@H]4CC[C@H]5C[C@@H](O[C@@H]6O[C@H](CO)[C@H](O)[C@H](O)[C@H]6O[C@@H]6O[C@H](CO)[C@@H](O)[C@H](O)[C@H]6O)CC[C@]5(C)[C@H]4CC[C@]3(C)[C@H]1[C@@H]2C. The monoisotopic (exact) mass is 738 g/mol. The molecule has 4 saturated heterocycles. The number of hydrogen-bond donors (Lipinski definition) is 7. The summed E-state index contributed by atoms with van der Waals surface area (Å²) in [7, 11) is 0. The molecule has 8 rings (SSSR count). The molecule has 4 aliphatic heterocycles. The summed E-state index contributed by atoms with van der Waals surface area (Å²) >= 11 is 0. The first-order chi connectivity index (χ1) is 24.7. The van der Waals surface area contributed by atoms with Gasteiger partial charge >= 0.3 is 0 Å². The smallest absolute Gasteiger partial charge is 0.187 e. The minimum Gasteiger partial charge on any atom is -0.394 e. The van der Waals surface area contributed by atoms with Crippen molar-refractivity contribution in [3.05, 3.63) is 12.2 Å². The second-order valence-electron chi connectivity index (χ2n) is 18.3. The van der Waals surface area contributed by atoms with Gasteiger partial charge in [0.25, 0.3) is 0 Å². The zero-order valence-electron chi connectivity index (χ0n) is 30.9. The van der Waals surface area contributed by atoms with Crippen LogP contribution in [0, 0.1) is 46.3 Å². The van der Waals surface area contributed by atoms with Crippen LogP contribution in [-0.2, 0) is 28.4 Å². The molecule has 13 heteroatoms. The summed E-state index contributed by atoms with van der Waals surface area (Å²) in [5, 5.41) is 72.7. The maximum Gasteiger partial charge on any atom is 0.187 e. The van der Waals surface area contributed by atoms with E-state index in [0.717, 1.165) is 50.5 Å². The highest BCUT2D eigenvalue weighted by molar-refractivity contribution is 5.16.